The van der Waals surface area contributed by atoms with E-state index < -0.39 is 29.7 Å². The summed E-state index contributed by atoms with van der Waals surface area (Å²) in [5.74, 6) is -1.22. The fourth-order valence-corrected chi connectivity index (χ4v) is 9.26. The van der Waals surface area contributed by atoms with Gasteiger partial charge < -0.3 is 19.4 Å². The predicted octanol–water partition coefficient (Wildman–Crippen LogP) is 3.97. The third-order valence-electron chi connectivity index (χ3n) is 12.2. The van der Waals surface area contributed by atoms with Crippen LogP contribution in [0.4, 0.5) is 11.4 Å². The largest absolute Gasteiger partial charge is 0.490 e. The monoisotopic (exact) mass is 761 g/mol. The fraction of sp³-hybridized carbons (Fsp3) is 0.415. The Bertz CT molecular complexity index is 2170. The van der Waals surface area contributed by atoms with Crippen molar-refractivity contribution in [2.75, 3.05) is 49.1 Å². The first-order chi connectivity index (χ1) is 26.6. The molecule has 5 aliphatic heterocycles. The quantitative estimate of drug-likeness (QED) is 0.351. The third kappa shape index (κ3) is 6.37. The SMILES string of the molecule is N#Cc1ccc(O[C@H]2CC[C@H](N3Cc4cc(N5CCN(C6CN(c7ccc8c(c7)C(=O)N(C7CCC(=O)NC7=O)C8=O)C6)CC5)ccc4C3=O)CC2)cc1Cl. The smallest absolute Gasteiger partial charge is 0.262 e. The zero-order valence-electron chi connectivity index (χ0n) is 30.2. The molecule has 13 nitrogen and oxygen atoms in total. The highest BCUT2D eigenvalue weighted by molar-refractivity contribution is 6.31. The van der Waals surface area contributed by atoms with Crippen LogP contribution in [0, 0.1) is 11.3 Å². The molecule has 5 amide bonds. The number of nitrogens with zero attached hydrogens (tertiary/aromatic N) is 6. The average molecular weight is 762 g/mol. The number of carbonyl (C=O) groups excluding carboxylic acids is 5. The molecule has 3 saturated heterocycles. The standard InChI is InChI=1S/C41H40ClN7O6/c42-35-19-31(6-1-24(35)20-43)55-30-7-2-26(3-8-30)48-21-25-17-27(4-9-32(25)39(48)52)45-13-15-46(16-14-45)29-22-47(23-29)28-5-10-33-34(18-28)41(54)49(40(33)53)36-11-12-37(50)44-38(36)51/h1,4-6,9-10,17-19,26,29-30,36H,2-3,7-8,11-16,21-23H2,(H,44,50,51)/t26-,30-,36?. The average Bonchev–Trinajstić information content (AvgIpc) is 3.63. The van der Waals surface area contributed by atoms with E-state index >= 15 is 0 Å². The Kier molecular flexibility index (Phi) is 8.98. The first-order valence-corrected chi connectivity index (χ1v) is 19.4. The number of fused-ring (bicyclic) bond motifs is 2. The molecule has 0 radical (unpaired) electrons. The molecule has 9 rings (SSSR count). The van der Waals surface area contributed by atoms with Crippen molar-refractivity contribution in [2.24, 2.45) is 0 Å². The number of nitriles is 1. The normalized spacial score (nSPS) is 24.4. The topological polar surface area (TPSA) is 147 Å². The van der Waals surface area contributed by atoms with Crippen LogP contribution in [0.15, 0.2) is 54.6 Å². The number of halogens is 1. The van der Waals surface area contributed by atoms with E-state index in [2.05, 4.69) is 38.2 Å². The van der Waals surface area contributed by atoms with Crippen LogP contribution >= 0.6 is 11.6 Å². The molecule has 1 N–H and O–H groups in total. The van der Waals surface area contributed by atoms with Crippen LogP contribution in [0.25, 0.3) is 0 Å². The Morgan fingerprint density at radius 1 is 0.727 bits per heavy atom. The number of piperidine rings is 1. The number of benzene rings is 3. The molecule has 1 saturated carbocycles. The number of anilines is 2. The summed E-state index contributed by atoms with van der Waals surface area (Å²) >= 11 is 6.19. The molecule has 0 bridgehead atoms. The zero-order valence-corrected chi connectivity index (χ0v) is 31.0. The van der Waals surface area contributed by atoms with E-state index in [1.54, 1.807) is 30.3 Å². The zero-order chi connectivity index (χ0) is 38.0. The van der Waals surface area contributed by atoms with Crippen LogP contribution in [0.2, 0.25) is 5.02 Å². The summed E-state index contributed by atoms with van der Waals surface area (Å²) in [6, 6.07) is 18.3. The lowest BCUT2D eigenvalue weighted by Crippen LogP contribution is -2.63. The van der Waals surface area contributed by atoms with E-state index in [-0.39, 0.29) is 36.5 Å². The van der Waals surface area contributed by atoms with Gasteiger partial charge in [0.2, 0.25) is 11.8 Å². The second-order valence-electron chi connectivity index (χ2n) is 15.3. The van der Waals surface area contributed by atoms with Crippen molar-refractivity contribution < 1.29 is 28.7 Å². The van der Waals surface area contributed by atoms with Crippen LogP contribution in [0.3, 0.4) is 0 Å². The summed E-state index contributed by atoms with van der Waals surface area (Å²) < 4.78 is 6.17. The van der Waals surface area contributed by atoms with Crippen molar-refractivity contribution in [1.82, 2.24) is 20.0 Å². The maximum Gasteiger partial charge on any atom is 0.262 e. The van der Waals surface area contributed by atoms with Crippen molar-refractivity contribution in [3.8, 4) is 11.8 Å². The fourth-order valence-electron chi connectivity index (χ4n) is 9.05. The Hall–Kier alpha value is -5.45. The van der Waals surface area contributed by atoms with Gasteiger partial charge >= 0.3 is 0 Å². The summed E-state index contributed by atoms with van der Waals surface area (Å²) in [5, 5.41) is 11.8. The number of hydrogen-bond acceptors (Lipinski definition) is 10. The highest BCUT2D eigenvalue weighted by Gasteiger charge is 2.45. The minimum atomic E-state index is -0.977. The molecule has 3 aromatic rings. The summed E-state index contributed by atoms with van der Waals surface area (Å²) in [7, 11) is 0. The highest BCUT2D eigenvalue weighted by Crippen LogP contribution is 2.36. The van der Waals surface area contributed by atoms with Gasteiger partial charge in [0.25, 0.3) is 17.7 Å². The summed E-state index contributed by atoms with van der Waals surface area (Å²) in [6.45, 7) is 5.84. The number of hydrogen-bond donors (Lipinski definition) is 1. The van der Waals surface area contributed by atoms with E-state index in [0.717, 1.165) is 92.4 Å². The highest BCUT2D eigenvalue weighted by atomic mass is 35.5. The number of carbonyl (C=O) groups is 5. The molecule has 282 valence electrons. The van der Waals surface area contributed by atoms with E-state index in [1.807, 2.05) is 17.0 Å². The molecule has 55 heavy (non-hydrogen) atoms. The number of imide groups is 2. The van der Waals surface area contributed by atoms with E-state index in [1.165, 1.54) is 0 Å². The molecule has 5 heterocycles. The molecule has 0 spiro atoms. The molecule has 1 aliphatic carbocycles. The Morgan fingerprint density at radius 3 is 2.15 bits per heavy atom. The van der Waals surface area contributed by atoms with Gasteiger partial charge in [0, 0.05) is 87.3 Å². The molecular formula is C41H40ClN7O6. The molecule has 6 aliphatic rings. The second-order valence-corrected chi connectivity index (χ2v) is 15.7. The third-order valence-corrected chi connectivity index (χ3v) is 12.5. The Balaban J connectivity index is 0.755. The molecule has 3 aromatic carbocycles. The number of ether oxygens (including phenoxy) is 1. The molecule has 1 atom stereocenters. The lowest BCUT2D eigenvalue weighted by atomic mass is 9.92. The van der Waals surface area contributed by atoms with Crippen LogP contribution in [0.5, 0.6) is 5.75 Å². The van der Waals surface area contributed by atoms with Gasteiger partial charge in [-0.3, -0.25) is 39.1 Å². The first-order valence-electron chi connectivity index (χ1n) is 19.0. The van der Waals surface area contributed by atoms with Gasteiger partial charge in [-0.25, -0.2) is 0 Å². The van der Waals surface area contributed by atoms with Crippen LogP contribution < -0.4 is 19.9 Å². The van der Waals surface area contributed by atoms with Gasteiger partial charge in [-0.2, -0.15) is 5.26 Å². The lowest BCUT2D eigenvalue weighted by molar-refractivity contribution is -0.136. The van der Waals surface area contributed by atoms with Gasteiger partial charge in [-0.05, 0) is 86.2 Å². The van der Waals surface area contributed by atoms with Crippen molar-refractivity contribution in [3.05, 3.63) is 87.4 Å². The predicted molar refractivity (Wildman–Crippen MR) is 202 cm³/mol. The van der Waals surface area contributed by atoms with E-state index in [0.29, 0.717) is 34.5 Å². The first kappa shape index (κ1) is 35.3. The van der Waals surface area contributed by atoms with Gasteiger partial charge in [0.05, 0.1) is 27.8 Å². The lowest BCUT2D eigenvalue weighted by Gasteiger charge is -2.49. The Morgan fingerprint density at radius 2 is 1.44 bits per heavy atom. The van der Waals surface area contributed by atoms with E-state index in [4.69, 9.17) is 21.6 Å². The number of amides is 5. The van der Waals surface area contributed by atoms with Crippen molar-refractivity contribution in [2.45, 2.75) is 69.3 Å². The molecular weight excluding hydrogens is 722 g/mol. The number of piperazine rings is 1. The van der Waals surface area contributed by atoms with Gasteiger partial charge in [0.1, 0.15) is 17.9 Å². The Labute approximate surface area is 323 Å². The van der Waals surface area contributed by atoms with Gasteiger partial charge in [0.15, 0.2) is 0 Å². The molecule has 4 fully saturated rings. The maximum atomic E-state index is 13.5. The second kappa shape index (κ2) is 14.0. The number of nitrogens with one attached hydrogen (secondary N) is 1. The van der Waals surface area contributed by atoms with Crippen LogP contribution in [0.1, 0.15) is 80.7 Å². The minimum absolute atomic E-state index is 0.0465. The molecule has 0 aromatic heterocycles. The molecule has 14 heteroatoms. The summed E-state index contributed by atoms with van der Waals surface area (Å²) in [6.07, 6.45) is 3.69. The van der Waals surface area contributed by atoms with Crippen molar-refractivity contribution in [1.29, 1.82) is 5.26 Å². The van der Waals surface area contributed by atoms with E-state index in [9.17, 15) is 24.0 Å². The summed E-state index contributed by atoms with van der Waals surface area (Å²) in [5.41, 5.74) is 4.91. The number of rotatable bonds is 7. The summed E-state index contributed by atoms with van der Waals surface area (Å²) in [4.78, 5) is 74.1. The van der Waals surface area contributed by atoms with Crippen molar-refractivity contribution >= 4 is 52.5 Å². The van der Waals surface area contributed by atoms with Gasteiger partial charge in [-0.1, -0.05) is 11.6 Å². The minimum Gasteiger partial charge on any atom is -0.490 e. The maximum absolute atomic E-state index is 13.5. The van der Waals surface area contributed by atoms with Crippen LogP contribution in [-0.2, 0) is 16.1 Å². The van der Waals surface area contributed by atoms with Crippen LogP contribution in [-0.4, -0.2) is 108 Å². The van der Waals surface area contributed by atoms with Crippen molar-refractivity contribution in [3.63, 3.8) is 0 Å². The van der Waals surface area contributed by atoms with Gasteiger partial charge in [-0.15, -0.1) is 0 Å². The molecule has 1 unspecified atom stereocenters.